The fraction of sp³-hybridized carbons (Fsp3) is 0.800. The summed E-state index contributed by atoms with van der Waals surface area (Å²) in [4.78, 5) is 2.24. The molecule has 1 aromatic rings. The van der Waals surface area contributed by atoms with E-state index in [1.54, 1.807) is 18.4 Å². The number of rotatable bonds is 4. The van der Waals surface area contributed by atoms with Gasteiger partial charge in [0, 0.05) is 26.8 Å². The quantitative estimate of drug-likeness (QED) is 0.792. The molecule has 1 aliphatic rings. The maximum absolute atomic E-state index is 5.67. The standard InChI is InChI=1S/C10H17N3O2S/c1-8-11-12-10(16-8)13-4-6-15-9(7-13)3-5-14-2/h9H,3-7H2,1-2H3/t9-/m0/s1. The van der Waals surface area contributed by atoms with E-state index in [4.69, 9.17) is 9.47 Å². The van der Waals surface area contributed by atoms with E-state index in [1.807, 2.05) is 6.92 Å². The van der Waals surface area contributed by atoms with Crippen LogP contribution in [0.15, 0.2) is 0 Å². The van der Waals surface area contributed by atoms with E-state index in [9.17, 15) is 0 Å². The third-order valence-corrected chi connectivity index (χ3v) is 3.47. The molecule has 0 amide bonds. The summed E-state index contributed by atoms with van der Waals surface area (Å²) < 4.78 is 10.7. The second kappa shape index (κ2) is 5.56. The maximum atomic E-state index is 5.67. The molecule has 0 spiro atoms. The van der Waals surface area contributed by atoms with Crippen molar-refractivity contribution in [2.75, 3.05) is 38.3 Å². The first-order valence-corrected chi connectivity index (χ1v) is 6.27. The second-order valence-corrected chi connectivity index (χ2v) is 4.98. The molecular weight excluding hydrogens is 226 g/mol. The van der Waals surface area contributed by atoms with E-state index in [0.717, 1.165) is 42.9 Å². The number of morpholine rings is 1. The van der Waals surface area contributed by atoms with Crippen molar-refractivity contribution < 1.29 is 9.47 Å². The average molecular weight is 243 g/mol. The topological polar surface area (TPSA) is 47.5 Å². The molecule has 0 N–H and O–H groups in total. The molecule has 0 radical (unpaired) electrons. The van der Waals surface area contributed by atoms with Crippen LogP contribution in [0.2, 0.25) is 0 Å². The molecule has 0 unspecified atom stereocenters. The van der Waals surface area contributed by atoms with Crippen LogP contribution in [0.5, 0.6) is 0 Å². The molecule has 0 aliphatic carbocycles. The number of hydrogen-bond donors (Lipinski definition) is 0. The molecule has 0 saturated carbocycles. The molecule has 6 heteroatoms. The average Bonchev–Trinajstić information content (AvgIpc) is 2.74. The Hall–Kier alpha value is -0.720. The number of aromatic nitrogens is 2. The fourth-order valence-corrected chi connectivity index (χ4v) is 2.45. The highest BCUT2D eigenvalue weighted by Crippen LogP contribution is 2.22. The largest absolute Gasteiger partial charge is 0.385 e. The summed E-state index contributed by atoms with van der Waals surface area (Å²) in [5.74, 6) is 0. The predicted octanol–water partition coefficient (Wildman–Crippen LogP) is 1.09. The minimum atomic E-state index is 0.248. The lowest BCUT2D eigenvalue weighted by molar-refractivity contribution is 0.0191. The Kier molecular flexibility index (Phi) is 4.09. The van der Waals surface area contributed by atoms with Gasteiger partial charge in [0.2, 0.25) is 5.13 Å². The van der Waals surface area contributed by atoms with Crippen molar-refractivity contribution in [3.63, 3.8) is 0 Å². The monoisotopic (exact) mass is 243 g/mol. The highest BCUT2D eigenvalue weighted by Gasteiger charge is 2.22. The SMILES string of the molecule is COCC[C@H]1CN(c2nnc(C)s2)CCO1. The summed E-state index contributed by atoms with van der Waals surface area (Å²) in [6.45, 7) is 5.26. The number of methoxy groups -OCH3 is 1. The lowest BCUT2D eigenvalue weighted by Gasteiger charge is -2.32. The Balaban J connectivity index is 1.91. The third kappa shape index (κ3) is 2.90. The van der Waals surface area contributed by atoms with Crippen LogP contribution < -0.4 is 4.90 Å². The molecule has 0 bridgehead atoms. The van der Waals surface area contributed by atoms with Crippen LogP contribution in [0, 0.1) is 6.92 Å². The first-order valence-electron chi connectivity index (χ1n) is 5.45. The highest BCUT2D eigenvalue weighted by atomic mass is 32.1. The van der Waals surface area contributed by atoms with E-state index in [0.29, 0.717) is 0 Å². The van der Waals surface area contributed by atoms with Crippen molar-refractivity contribution in [1.29, 1.82) is 0 Å². The van der Waals surface area contributed by atoms with Crippen molar-refractivity contribution in [1.82, 2.24) is 10.2 Å². The van der Waals surface area contributed by atoms with Gasteiger partial charge in [-0.15, -0.1) is 10.2 Å². The Bertz CT molecular complexity index is 332. The van der Waals surface area contributed by atoms with Crippen LogP contribution >= 0.6 is 11.3 Å². The number of nitrogens with zero attached hydrogens (tertiary/aromatic N) is 3. The summed E-state index contributed by atoms with van der Waals surface area (Å²) in [7, 11) is 1.72. The summed E-state index contributed by atoms with van der Waals surface area (Å²) in [6, 6.07) is 0. The molecule has 16 heavy (non-hydrogen) atoms. The summed E-state index contributed by atoms with van der Waals surface area (Å²) in [6.07, 6.45) is 1.18. The molecule has 0 aromatic carbocycles. The van der Waals surface area contributed by atoms with Crippen LogP contribution in [-0.2, 0) is 9.47 Å². The molecule has 5 nitrogen and oxygen atoms in total. The van der Waals surface area contributed by atoms with Crippen LogP contribution in [0.1, 0.15) is 11.4 Å². The zero-order valence-corrected chi connectivity index (χ0v) is 10.5. The summed E-state index contributed by atoms with van der Waals surface area (Å²) >= 11 is 1.64. The molecule has 1 aliphatic heterocycles. The third-order valence-electron chi connectivity index (χ3n) is 2.57. The fourth-order valence-electron chi connectivity index (χ4n) is 1.73. The van der Waals surface area contributed by atoms with E-state index in [-0.39, 0.29) is 6.10 Å². The number of aryl methyl sites for hydroxylation is 1. The van der Waals surface area contributed by atoms with E-state index < -0.39 is 0 Å². The number of anilines is 1. The van der Waals surface area contributed by atoms with Gasteiger partial charge in [-0.1, -0.05) is 11.3 Å². The Morgan fingerprint density at radius 2 is 2.44 bits per heavy atom. The second-order valence-electron chi connectivity index (χ2n) is 3.82. The molecule has 1 atom stereocenters. The minimum Gasteiger partial charge on any atom is -0.385 e. The van der Waals surface area contributed by atoms with E-state index in [2.05, 4.69) is 15.1 Å². The zero-order chi connectivity index (χ0) is 11.4. The number of ether oxygens (including phenoxy) is 2. The molecule has 1 fully saturated rings. The van der Waals surface area contributed by atoms with Gasteiger partial charge in [-0.3, -0.25) is 0 Å². The van der Waals surface area contributed by atoms with Crippen LogP contribution in [-0.4, -0.2) is 49.7 Å². The summed E-state index contributed by atoms with van der Waals surface area (Å²) in [5, 5.41) is 10.2. The van der Waals surface area contributed by atoms with Gasteiger partial charge >= 0.3 is 0 Å². The smallest absolute Gasteiger partial charge is 0.208 e. The van der Waals surface area contributed by atoms with Crippen molar-refractivity contribution in [2.24, 2.45) is 0 Å². The van der Waals surface area contributed by atoms with Crippen molar-refractivity contribution in [3.05, 3.63) is 5.01 Å². The van der Waals surface area contributed by atoms with Gasteiger partial charge < -0.3 is 14.4 Å². The molecule has 2 rings (SSSR count). The van der Waals surface area contributed by atoms with Gasteiger partial charge in [0.25, 0.3) is 0 Å². The van der Waals surface area contributed by atoms with Gasteiger partial charge in [0.15, 0.2) is 0 Å². The van der Waals surface area contributed by atoms with E-state index >= 15 is 0 Å². The van der Waals surface area contributed by atoms with Crippen LogP contribution in [0.3, 0.4) is 0 Å². The van der Waals surface area contributed by atoms with Crippen LogP contribution in [0.25, 0.3) is 0 Å². The maximum Gasteiger partial charge on any atom is 0.208 e. The first-order chi connectivity index (χ1) is 7.79. The normalized spacial score (nSPS) is 21.4. The Labute approximate surface area is 99.4 Å². The van der Waals surface area contributed by atoms with Crippen molar-refractivity contribution >= 4 is 16.5 Å². The molecule has 2 heterocycles. The minimum absolute atomic E-state index is 0.248. The predicted molar refractivity (Wildman–Crippen MR) is 63.1 cm³/mol. The van der Waals surface area contributed by atoms with E-state index in [1.165, 1.54) is 0 Å². The van der Waals surface area contributed by atoms with Gasteiger partial charge in [0.1, 0.15) is 5.01 Å². The highest BCUT2D eigenvalue weighted by molar-refractivity contribution is 7.15. The molecular formula is C10H17N3O2S. The van der Waals surface area contributed by atoms with Gasteiger partial charge in [-0.2, -0.15) is 0 Å². The Morgan fingerprint density at radius 3 is 3.12 bits per heavy atom. The zero-order valence-electron chi connectivity index (χ0n) is 9.68. The first kappa shape index (κ1) is 11.8. The molecule has 90 valence electrons. The van der Waals surface area contributed by atoms with Gasteiger partial charge in [-0.05, 0) is 13.3 Å². The van der Waals surface area contributed by atoms with Gasteiger partial charge in [-0.25, -0.2) is 0 Å². The van der Waals surface area contributed by atoms with Gasteiger partial charge in [0.05, 0.1) is 12.7 Å². The van der Waals surface area contributed by atoms with Crippen LogP contribution in [0.4, 0.5) is 5.13 Å². The van der Waals surface area contributed by atoms with Crippen molar-refractivity contribution in [3.8, 4) is 0 Å². The molecule has 1 aromatic heterocycles. The molecule has 1 saturated heterocycles. The number of hydrogen-bond acceptors (Lipinski definition) is 6. The lowest BCUT2D eigenvalue weighted by Crippen LogP contribution is -2.42. The Morgan fingerprint density at radius 1 is 1.56 bits per heavy atom. The lowest BCUT2D eigenvalue weighted by atomic mass is 10.2. The summed E-state index contributed by atoms with van der Waals surface area (Å²) in [5.41, 5.74) is 0. The van der Waals surface area contributed by atoms with Crippen molar-refractivity contribution in [2.45, 2.75) is 19.4 Å².